The molecule has 0 aromatic heterocycles. The molecular weight excluding hydrogens is 212 g/mol. The number of hydrogen-bond donors (Lipinski definition) is 0. The van der Waals surface area contributed by atoms with Crippen LogP contribution in [0.3, 0.4) is 0 Å². The average Bonchev–Trinajstić information content (AvgIpc) is 2.26. The molecule has 3 nitrogen and oxygen atoms in total. The summed E-state index contributed by atoms with van der Waals surface area (Å²) in [6.45, 7) is 4.21. The summed E-state index contributed by atoms with van der Waals surface area (Å²) in [6, 6.07) is 0. The smallest absolute Gasteiger partial charge is 0.0760 e. The standard InChI is InChI=1S/C11H20O3S/c1-3-9(4-2)14-10-5-7-11(8-6-10)15(12)13/h5,7,9-11H,3-4,6,8H2,1-2H3,(H,12,13)/p-1. The zero-order chi connectivity index (χ0) is 11.3. The summed E-state index contributed by atoms with van der Waals surface area (Å²) >= 11 is -1.98. The molecule has 0 amide bonds. The lowest BCUT2D eigenvalue weighted by atomic mass is 10.0. The molecule has 3 unspecified atom stereocenters. The molecule has 0 fully saturated rings. The maximum atomic E-state index is 10.7. The zero-order valence-corrected chi connectivity index (χ0v) is 10.2. The molecule has 0 aromatic rings. The van der Waals surface area contributed by atoms with Crippen LogP contribution in [-0.2, 0) is 15.8 Å². The van der Waals surface area contributed by atoms with Crippen molar-refractivity contribution < 1.29 is 13.5 Å². The van der Waals surface area contributed by atoms with Gasteiger partial charge in [0.1, 0.15) is 0 Å². The minimum atomic E-state index is -1.98. The molecule has 0 bridgehead atoms. The number of ether oxygens (including phenoxy) is 1. The van der Waals surface area contributed by atoms with Gasteiger partial charge in [-0.05, 0) is 36.8 Å². The molecule has 0 saturated heterocycles. The molecule has 1 aliphatic carbocycles. The fraction of sp³-hybridized carbons (Fsp3) is 0.818. The second-order valence-corrected chi connectivity index (χ2v) is 5.00. The van der Waals surface area contributed by atoms with Crippen molar-refractivity contribution in [3.63, 3.8) is 0 Å². The van der Waals surface area contributed by atoms with Gasteiger partial charge < -0.3 is 9.29 Å². The molecule has 1 aliphatic rings. The van der Waals surface area contributed by atoms with Gasteiger partial charge in [-0.3, -0.25) is 4.21 Å². The SMILES string of the molecule is CCC(CC)OC1C=CC(S(=O)[O-])CC1. The average molecular weight is 231 g/mol. The molecule has 0 radical (unpaired) electrons. The van der Waals surface area contributed by atoms with E-state index < -0.39 is 11.1 Å². The van der Waals surface area contributed by atoms with Crippen LogP contribution in [0.5, 0.6) is 0 Å². The van der Waals surface area contributed by atoms with Gasteiger partial charge >= 0.3 is 0 Å². The molecule has 0 aliphatic heterocycles. The van der Waals surface area contributed by atoms with E-state index in [0.717, 1.165) is 19.3 Å². The van der Waals surface area contributed by atoms with E-state index in [1.54, 1.807) is 6.08 Å². The third-order valence-corrected chi connectivity index (χ3v) is 3.69. The van der Waals surface area contributed by atoms with E-state index in [0.29, 0.717) is 12.5 Å². The van der Waals surface area contributed by atoms with Gasteiger partial charge in [0.05, 0.1) is 12.2 Å². The van der Waals surface area contributed by atoms with Crippen LogP contribution in [0.15, 0.2) is 12.2 Å². The molecular formula is C11H19O3S-. The topological polar surface area (TPSA) is 49.4 Å². The molecule has 15 heavy (non-hydrogen) atoms. The molecule has 0 heterocycles. The summed E-state index contributed by atoms with van der Waals surface area (Å²) in [6.07, 6.45) is 7.56. The Bertz CT molecular complexity index is 236. The monoisotopic (exact) mass is 231 g/mol. The minimum absolute atomic E-state index is 0.106. The van der Waals surface area contributed by atoms with Crippen LogP contribution in [0.1, 0.15) is 39.5 Å². The molecule has 0 spiro atoms. The summed E-state index contributed by atoms with van der Waals surface area (Å²) < 4.78 is 27.2. The maximum Gasteiger partial charge on any atom is 0.0760 e. The van der Waals surface area contributed by atoms with E-state index in [9.17, 15) is 8.76 Å². The Labute approximate surface area is 94.2 Å². The lowest BCUT2D eigenvalue weighted by molar-refractivity contribution is 0.00285. The van der Waals surface area contributed by atoms with Gasteiger partial charge in [-0.15, -0.1) is 0 Å². The van der Waals surface area contributed by atoms with Gasteiger partial charge in [0, 0.05) is 5.25 Å². The Morgan fingerprint density at radius 1 is 1.40 bits per heavy atom. The van der Waals surface area contributed by atoms with Crippen LogP contribution in [0.2, 0.25) is 0 Å². The third kappa shape index (κ3) is 4.05. The maximum absolute atomic E-state index is 10.7. The first kappa shape index (κ1) is 12.9. The number of rotatable bonds is 5. The predicted molar refractivity (Wildman–Crippen MR) is 60.3 cm³/mol. The summed E-state index contributed by atoms with van der Waals surface area (Å²) in [5, 5.41) is -0.313. The van der Waals surface area contributed by atoms with Crippen LogP contribution in [0.4, 0.5) is 0 Å². The second-order valence-electron chi connectivity index (χ2n) is 3.87. The molecule has 4 heteroatoms. The van der Waals surface area contributed by atoms with Crippen molar-refractivity contribution in [2.24, 2.45) is 0 Å². The van der Waals surface area contributed by atoms with Crippen LogP contribution in [0, 0.1) is 0 Å². The Hall–Kier alpha value is -0.190. The first-order valence-corrected chi connectivity index (χ1v) is 6.73. The normalized spacial score (nSPS) is 28.3. The highest BCUT2D eigenvalue weighted by molar-refractivity contribution is 7.80. The molecule has 0 aromatic carbocycles. The van der Waals surface area contributed by atoms with Crippen LogP contribution in [0.25, 0.3) is 0 Å². The van der Waals surface area contributed by atoms with Crippen LogP contribution >= 0.6 is 0 Å². The first-order valence-electron chi connectivity index (χ1n) is 5.59. The highest BCUT2D eigenvalue weighted by atomic mass is 32.2. The minimum Gasteiger partial charge on any atom is -0.772 e. The van der Waals surface area contributed by atoms with Crippen LogP contribution < -0.4 is 0 Å². The van der Waals surface area contributed by atoms with E-state index in [-0.39, 0.29) is 11.4 Å². The lowest BCUT2D eigenvalue weighted by Gasteiger charge is -2.27. The van der Waals surface area contributed by atoms with Gasteiger partial charge in [0.15, 0.2) is 0 Å². The Morgan fingerprint density at radius 3 is 2.47 bits per heavy atom. The van der Waals surface area contributed by atoms with Gasteiger partial charge in [-0.1, -0.05) is 26.0 Å². The van der Waals surface area contributed by atoms with Gasteiger partial charge in [-0.2, -0.15) is 0 Å². The predicted octanol–water partition coefficient (Wildman–Crippen LogP) is 2.16. The Morgan fingerprint density at radius 2 is 2.07 bits per heavy atom. The van der Waals surface area contributed by atoms with Crippen molar-refractivity contribution in [1.29, 1.82) is 0 Å². The Kier molecular flexibility index (Phi) is 5.50. The number of hydrogen-bond acceptors (Lipinski definition) is 3. The third-order valence-electron chi connectivity index (χ3n) is 2.80. The fourth-order valence-corrected chi connectivity index (χ4v) is 2.32. The van der Waals surface area contributed by atoms with E-state index in [2.05, 4.69) is 13.8 Å². The van der Waals surface area contributed by atoms with E-state index in [1.807, 2.05) is 6.08 Å². The highest BCUT2D eigenvalue weighted by Gasteiger charge is 2.18. The summed E-state index contributed by atoms with van der Waals surface area (Å²) in [5.41, 5.74) is 0. The van der Waals surface area contributed by atoms with Crippen molar-refractivity contribution in [2.45, 2.75) is 57.0 Å². The molecule has 0 saturated carbocycles. The van der Waals surface area contributed by atoms with Crippen molar-refractivity contribution in [3.05, 3.63) is 12.2 Å². The van der Waals surface area contributed by atoms with E-state index in [4.69, 9.17) is 4.74 Å². The van der Waals surface area contributed by atoms with Crippen molar-refractivity contribution in [3.8, 4) is 0 Å². The summed E-state index contributed by atoms with van der Waals surface area (Å²) in [4.78, 5) is 0. The largest absolute Gasteiger partial charge is 0.772 e. The second kappa shape index (κ2) is 6.40. The molecule has 88 valence electrons. The first-order chi connectivity index (χ1) is 7.17. The zero-order valence-electron chi connectivity index (χ0n) is 9.35. The van der Waals surface area contributed by atoms with Gasteiger partial charge in [0.2, 0.25) is 0 Å². The van der Waals surface area contributed by atoms with Crippen molar-refractivity contribution in [1.82, 2.24) is 0 Å². The lowest BCUT2D eigenvalue weighted by Crippen LogP contribution is -2.26. The molecule has 0 N–H and O–H groups in total. The summed E-state index contributed by atoms with van der Waals surface area (Å²) in [7, 11) is 0. The summed E-state index contributed by atoms with van der Waals surface area (Å²) in [5.74, 6) is 0. The van der Waals surface area contributed by atoms with Crippen molar-refractivity contribution in [2.75, 3.05) is 0 Å². The Balaban J connectivity index is 2.41. The van der Waals surface area contributed by atoms with Crippen LogP contribution in [-0.4, -0.2) is 26.2 Å². The quantitative estimate of drug-likeness (QED) is 0.538. The van der Waals surface area contributed by atoms with E-state index >= 15 is 0 Å². The van der Waals surface area contributed by atoms with E-state index in [1.165, 1.54) is 0 Å². The molecule has 3 atom stereocenters. The highest BCUT2D eigenvalue weighted by Crippen LogP contribution is 2.20. The van der Waals surface area contributed by atoms with Gasteiger partial charge in [-0.25, -0.2) is 0 Å². The van der Waals surface area contributed by atoms with Crippen molar-refractivity contribution >= 4 is 11.1 Å². The van der Waals surface area contributed by atoms with Gasteiger partial charge in [0.25, 0.3) is 0 Å². The molecule has 1 rings (SSSR count). The fourth-order valence-electron chi connectivity index (χ4n) is 1.77.